The molecular weight excluding hydrogens is 212 g/mol. The third-order valence-corrected chi connectivity index (χ3v) is 1.80. The lowest BCUT2D eigenvalue weighted by Gasteiger charge is -2.01. The number of nitrogens with zero attached hydrogens (tertiary/aromatic N) is 1. The van der Waals surface area contributed by atoms with Crippen LogP contribution in [0.5, 0.6) is 5.75 Å². The summed E-state index contributed by atoms with van der Waals surface area (Å²) in [5, 5.41) is 10.6. The fourth-order valence-electron chi connectivity index (χ4n) is 1.10. The quantitative estimate of drug-likeness (QED) is 0.468. The van der Waals surface area contributed by atoms with Gasteiger partial charge in [-0.15, -0.1) is 0 Å². The number of primary amides is 1. The summed E-state index contributed by atoms with van der Waals surface area (Å²) in [5.41, 5.74) is 5.29. The van der Waals surface area contributed by atoms with Crippen molar-refractivity contribution in [3.05, 3.63) is 40.0 Å². The monoisotopic (exact) mass is 222 g/mol. The zero-order valence-electron chi connectivity index (χ0n) is 8.54. The predicted octanol–water partition coefficient (Wildman–Crippen LogP) is 1.10. The molecule has 84 valence electrons. The highest BCUT2D eigenvalue weighted by atomic mass is 16.6. The zero-order chi connectivity index (χ0) is 12.1. The summed E-state index contributed by atoms with van der Waals surface area (Å²) in [4.78, 5) is 20.6. The second-order valence-corrected chi connectivity index (χ2v) is 2.96. The maximum atomic E-state index is 10.6. The largest absolute Gasteiger partial charge is 0.496 e. The predicted molar refractivity (Wildman–Crippen MR) is 57.9 cm³/mol. The molecule has 1 aromatic rings. The molecule has 2 N–H and O–H groups in total. The number of benzene rings is 1. The topological polar surface area (TPSA) is 95.5 Å². The van der Waals surface area contributed by atoms with Gasteiger partial charge in [-0.2, -0.15) is 0 Å². The van der Waals surface area contributed by atoms with Crippen LogP contribution in [0.3, 0.4) is 0 Å². The number of hydrogen-bond acceptors (Lipinski definition) is 4. The lowest BCUT2D eigenvalue weighted by Crippen LogP contribution is -2.05. The number of non-ortho nitro benzene ring substituents is 1. The minimum Gasteiger partial charge on any atom is -0.496 e. The van der Waals surface area contributed by atoms with Crippen LogP contribution < -0.4 is 10.5 Å². The Morgan fingerprint density at radius 1 is 1.50 bits per heavy atom. The van der Waals surface area contributed by atoms with Crippen LogP contribution in [0, 0.1) is 10.1 Å². The van der Waals surface area contributed by atoms with Gasteiger partial charge in [0.25, 0.3) is 5.69 Å². The summed E-state index contributed by atoms with van der Waals surface area (Å²) in [5.74, 6) is -0.274. The first kappa shape index (κ1) is 11.7. The Bertz CT molecular complexity index is 454. The van der Waals surface area contributed by atoms with Crippen molar-refractivity contribution in [2.45, 2.75) is 0 Å². The summed E-state index contributed by atoms with van der Waals surface area (Å²) >= 11 is 0. The van der Waals surface area contributed by atoms with E-state index >= 15 is 0 Å². The molecular formula is C10H10N2O4. The molecule has 0 saturated heterocycles. The molecule has 6 heteroatoms. The summed E-state index contributed by atoms with van der Waals surface area (Å²) < 4.78 is 4.90. The molecule has 0 aromatic heterocycles. The average Bonchev–Trinajstić information content (AvgIpc) is 2.25. The van der Waals surface area contributed by atoms with Crippen LogP contribution in [-0.2, 0) is 4.79 Å². The molecule has 1 amide bonds. The van der Waals surface area contributed by atoms with E-state index in [4.69, 9.17) is 10.5 Å². The highest BCUT2D eigenvalue weighted by molar-refractivity contribution is 5.90. The molecule has 0 fully saturated rings. The van der Waals surface area contributed by atoms with Crippen molar-refractivity contribution in [3.8, 4) is 5.75 Å². The number of rotatable bonds is 4. The third-order valence-electron chi connectivity index (χ3n) is 1.80. The lowest BCUT2D eigenvalue weighted by molar-refractivity contribution is -0.384. The minimum atomic E-state index is -0.620. The van der Waals surface area contributed by atoms with Crippen LogP contribution in [0.15, 0.2) is 24.3 Å². The Morgan fingerprint density at radius 2 is 2.19 bits per heavy atom. The number of hydrogen-bond donors (Lipinski definition) is 1. The minimum absolute atomic E-state index is 0.108. The Labute approximate surface area is 91.5 Å². The first-order valence-corrected chi connectivity index (χ1v) is 4.34. The van der Waals surface area contributed by atoms with Crippen LogP contribution in [0.2, 0.25) is 0 Å². The maximum Gasteiger partial charge on any atom is 0.273 e. The van der Waals surface area contributed by atoms with E-state index in [1.807, 2.05) is 0 Å². The number of nitro benzene ring substituents is 1. The van der Waals surface area contributed by atoms with Gasteiger partial charge in [0.15, 0.2) is 0 Å². The molecule has 16 heavy (non-hydrogen) atoms. The second kappa shape index (κ2) is 4.92. The molecule has 0 unspecified atom stereocenters. The van der Waals surface area contributed by atoms with Gasteiger partial charge in [-0.25, -0.2) is 0 Å². The molecule has 1 aromatic carbocycles. The number of nitro groups is 1. The highest BCUT2D eigenvalue weighted by Crippen LogP contribution is 2.23. The van der Waals surface area contributed by atoms with Crippen molar-refractivity contribution in [3.63, 3.8) is 0 Å². The number of methoxy groups -OCH3 is 1. The average molecular weight is 222 g/mol. The van der Waals surface area contributed by atoms with Crippen LogP contribution in [0.25, 0.3) is 6.08 Å². The van der Waals surface area contributed by atoms with Crippen LogP contribution in [-0.4, -0.2) is 17.9 Å². The van der Waals surface area contributed by atoms with Gasteiger partial charge >= 0.3 is 0 Å². The van der Waals surface area contributed by atoms with Crippen molar-refractivity contribution >= 4 is 17.7 Å². The normalized spacial score (nSPS) is 10.3. The molecule has 0 spiro atoms. The van der Waals surface area contributed by atoms with Crippen molar-refractivity contribution < 1.29 is 14.5 Å². The third kappa shape index (κ3) is 3.09. The molecule has 0 radical (unpaired) electrons. The van der Waals surface area contributed by atoms with Gasteiger partial charge in [0.05, 0.1) is 18.1 Å². The maximum absolute atomic E-state index is 10.6. The summed E-state index contributed by atoms with van der Waals surface area (Å²) in [6.45, 7) is 0. The standard InChI is InChI=1S/C10H10N2O4/c1-16-9-5-7(2-3-10(11)13)4-8(6-9)12(14)15/h2-6H,1H3,(H2,11,13). The molecule has 0 saturated carbocycles. The van der Waals surface area contributed by atoms with E-state index in [1.54, 1.807) is 6.07 Å². The van der Waals surface area contributed by atoms with Crippen molar-refractivity contribution in [1.82, 2.24) is 0 Å². The second-order valence-electron chi connectivity index (χ2n) is 2.96. The highest BCUT2D eigenvalue weighted by Gasteiger charge is 2.08. The van der Waals surface area contributed by atoms with E-state index in [-0.39, 0.29) is 5.69 Å². The summed E-state index contributed by atoms with van der Waals surface area (Å²) in [7, 11) is 1.40. The smallest absolute Gasteiger partial charge is 0.273 e. The van der Waals surface area contributed by atoms with Gasteiger partial charge < -0.3 is 10.5 Å². The van der Waals surface area contributed by atoms with Crippen LogP contribution in [0.1, 0.15) is 5.56 Å². The Hall–Kier alpha value is -2.37. The van der Waals surface area contributed by atoms with Crippen molar-refractivity contribution in [2.24, 2.45) is 5.73 Å². The van der Waals surface area contributed by atoms with Crippen LogP contribution in [0.4, 0.5) is 5.69 Å². The SMILES string of the molecule is COc1cc(C=CC(N)=O)cc([N+](=O)[O-])c1. The van der Waals surface area contributed by atoms with Gasteiger partial charge in [0.1, 0.15) is 5.75 Å². The van der Waals surface area contributed by atoms with Gasteiger partial charge in [0.2, 0.25) is 5.91 Å². The summed E-state index contributed by atoms with van der Waals surface area (Å²) in [6.07, 6.45) is 2.51. The Morgan fingerprint density at radius 3 is 2.69 bits per heavy atom. The Kier molecular flexibility index (Phi) is 3.60. The van der Waals surface area contributed by atoms with Crippen molar-refractivity contribution in [2.75, 3.05) is 7.11 Å². The van der Waals surface area contributed by atoms with Crippen molar-refractivity contribution in [1.29, 1.82) is 0 Å². The molecule has 0 aliphatic heterocycles. The number of carbonyl (C=O) groups is 1. The zero-order valence-corrected chi connectivity index (χ0v) is 8.54. The van der Waals surface area contributed by atoms with Gasteiger partial charge in [-0.3, -0.25) is 14.9 Å². The fourth-order valence-corrected chi connectivity index (χ4v) is 1.10. The molecule has 6 nitrogen and oxygen atoms in total. The van der Waals surface area contributed by atoms with E-state index in [1.165, 1.54) is 25.3 Å². The van der Waals surface area contributed by atoms with Crippen LogP contribution >= 0.6 is 0 Å². The molecule has 0 heterocycles. The molecule has 0 atom stereocenters. The lowest BCUT2D eigenvalue weighted by atomic mass is 10.1. The molecule has 0 aliphatic carbocycles. The fraction of sp³-hybridized carbons (Fsp3) is 0.100. The molecule has 0 aliphatic rings. The van der Waals surface area contributed by atoms with E-state index < -0.39 is 10.8 Å². The van der Waals surface area contributed by atoms with E-state index in [0.717, 1.165) is 6.08 Å². The Balaban J connectivity index is 3.14. The molecule has 1 rings (SSSR count). The van der Waals surface area contributed by atoms with Gasteiger partial charge in [-0.1, -0.05) is 0 Å². The number of nitrogens with two attached hydrogens (primary N) is 1. The van der Waals surface area contributed by atoms with E-state index in [2.05, 4.69) is 0 Å². The number of ether oxygens (including phenoxy) is 1. The first-order valence-electron chi connectivity index (χ1n) is 4.34. The molecule has 0 bridgehead atoms. The van der Waals surface area contributed by atoms with Gasteiger partial charge in [0, 0.05) is 12.1 Å². The van der Waals surface area contributed by atoms with E-state index in [9.17, 15) is 14.9 Å². The summed E-state index contributed by atoms with van der Waals surface area (Å²) in [6, 6.07) is 4.18. The van der Waals surface area contributed by atoms with E-state index in [0.29, 0.717) is 11.3 Å². The van der Waals surface area contributed by atoms with Gasteiger partial charge in [-0.05, 0) is 17.7 Å². The first-order chi connectivity index (χ1) is 7.52. The number of carbonyl (C=O) groups excluding carboxylic acids is 1. The number of amides is 1.